The lowest BCUT2D eigenvalue weighted by Gasteiger charge is -2.11. The number of benzene rings is 2. The zero-order chi connectivity index (χ0) is 19.4. The van der Waals surface area contributed by atoms with Gasteiger partial charge in [-0.3, -0.25) is 14.1 Å². The van der Waals surface area contributed by atoms with E-state index in [4.69, 9.17) is 4.52 Å². The van der Waals surface area contributed by atoms with Gasteiger partial charge in [0.2, 0.25) is 5.91 Å². The largest absolute Gasteiger partial charge is 0.442 e. The molecule has 0 radical (unpaired) electrons. The highest BCUT2D eigenvalue weighted by molar-refractivity contribution is 5.95. The smallest absolute Gasteiger partial charge is 0.345 e. The lowest BCUT2D eigenvalue weighted by molar-refractivity contribution is -0.116. The van der Waals surface area contributed by atoms with Gasteiger partial charge in [0.15, 0.2) is 5.82 Å². The summed E-state index contributed by atoms with van der Waals surface area (Å²) < 4.78 is 5.86. The summed E-state index contributed by atoms with van der Waals surface area (Å²) in [5.41, 5.74) is 1.70. The molecule has 8 heteroatoms. The molecule has 0 spiro atoms. The first-order valence-electron chi connectivity index (χ1n) is 8.19. The van der Waals surface area contributed by atoms with Crippen LogP contribution in [0.1, 0.15) is 10.4 Å². The Morgan fingerprint density at radius 3 is 2.37 bits per heavy atom. The molecule has 0 aliphatic heterocycles. The van der Waals surface area contributed by atoms with Crippen LogP contribution in [0, 0.1) is 0 Å². The lowest BCUT2D eigenvalue weighted by Crippen LogP contribution is -2.25. The quantitative estimate of drug-likeness (QED) is 0.743. The first-order valence-corrected chi connectivity index (χ1v) is 8.19. The van der Waals surface area contributed by atoms with Crippen LogP contribution in [-0.2, 0) is 11.3 Å². The number of carbonyl (C=O) groups is 2. The second kappa shape index (κ2) is 7.69. The summed E-state index contributed by atoms with van der Waals surface area (Å²) in [7, 11) is 3.33. The van der Waals surface area contributed by atoms with Gasteiger partial charge < -0.3 is 10.2 Å². The second-order valence-corrected chi connectivity index (χ2v) is 6.05. The molecule has 0 fully saturated rings. The van der Waals surface area contributed by atoms with Gasteiger partial charge in [-0.1, -0.05) is 35.5 Å². The van der Waals surface area contributed by atoms with E-state index in [2.05, 4.69) is 10.5 Å². The summed E-state index contributed by atoms with van der Waals surface area (Å²) in [5, 5.41) is 6.44. The summed E-state index contributed by atoms with van der Waals surface area (Å²) in [5.74, 6) is -0.973. The van der Waals surface area contributed by atoms with Crippen molar-refractivity contribution in [3.05, 3.63) is 70.7 Å². The van der Waals surface area contributed by atoms with Crippen molar-refractivity contribution in [2.45, 2.75) is 6.54 Å². The summed E-state index contributed by atoms with van der Waals surface area (Å²) in [4.78, 5) is 37.6. The van der Waals surface area contributed by atoms with Crippen molar-refractivity contribution in [1.29, 1.82) is 0 Å². The number of amides is 2. The van der Waals surface area contributed by atoms with Gasteiger partial charge in [-0.15, -0.1) is 0 Å². The summed E-state index contributed by atoms with van der Waals surface area (Å²) in [6, 6.07) is 15.5. The fourth-order valence-corrected chi connectivity index (χ4v) is 2.50. The molecule has 0 bridgehead atoms. The molecule has 0 saturated heterocycles. The van der Waals surface area contributed by atoms with Gasteiger partial charge in [0, 0.05) is 30.9 Å². The van der Waals surface area contributed by atoms with Crippen molar-refractivity contribution in [3.63, 3.8) is 0 Å². The third-order valence-electron chi connectivity index (χ3n) is 3.84. The molecule has 0 saturated carbocycles. The number of aromatic nitrogens is 2. The average molecular weight is 366 g/mol. The number of hydrogen-bond acceptors (Lipinski definition) is 5. The Labute approximate surface area is 155 Å². The average Bonchev–Trinajstić information content (AvgIpc) is 3.03. The highest BCUT2D eigenvalue weighted by Gasteiger charge is 2.16. The van der Waals surface area contributed by atoms with Crippen LogP contribution >= 0.6 is 0 Å². The van der Waals surface area contributed by atoms with Gasteiger partial charge in [-0.25, -0.2) is 9.36 Å². The molecule has 0 aliphatic carbocycles. The van der Waals surface area contributed by atoms with Gasteiger partial charge in [0.05, 0.1) is 0 Å². The molecule has 0 aliphatic rings. The Bertz CT molecular complexity index is 1000. The third-order valence-corrected chi connectivity index (χ3v) is 3.84. The Morgan fingerprint density at radius 2 is 1.74 bits per heavy atom. The maximum absolute atomic E-state index is 12.3. The SMILES string of the molecule is CN(C)C(=O)c1ccc(NC(=O)Cn2c(-c3ccccc3)noc2=O)cc1. The first kappa shape index (κ1) is 18.1. The molecule has 3 aromatic rings. The number of nitrogens with zero attached hydrogens (tertiary/aromatic N) is 3. The van der Waals surface area contributed by atoms with E-state index in [0.717, 1.165) is 4.57 Å². The number of nitrogens with one attached hydrogen (secondary N) is 1. The Morgan fingerprint density at radius 1 is 1.07 bits per heavy atom. The van der Waals surface area contributed by atoms with E-state index in [1.165, 1.54) is 4.90 Å². The maximum Gasteiger partial charge on any atom is 0.442 e. The molecule has 27 heavy (non-hydrogen) atoms. The third kappa shape index (κ3) is 4.12. The minimum Gasteiger partial charge on any atom is -0.345 e. The van der Waals surface area contributed by atoms with E-state index in [1.54, 1.807) is 62.6 Å². The molecule has 3 rings (SSSR count). The number of carbonyl (C=O) groups excluding carboxylic acids is 2. The van der Waals surface area contributed by atoms with Crippen LogP contribution in [0.25, 0.3) is 11.4 Å². The number of hydrogen-bond donors (Lipinski definition) is 1. The lowest BCUT2D eigenvalue weighted by atomic mass is 10.2. The predicted molar refractivity (Wildman–Crippen MR) is 99.3 cm³/mol. The van der Waals surface area contributed by atoms with Crippen LogP contribution in [0.3, 0.4) is 0 Å². The second-order valence-electron chi connectivity index (χ2n) is 6.05. The Kier molecular flexibility index (Phi) is 5.16. The minimum absolute atomic E-state index is 0.128. The summed E-state index contributed by atoms with van der Waals surface area (Å²) in [6.45, 7) is -0.245. The fourth-order valence-electron chi connectivity index (χ4n) is 2.50. The zero-order valence-electron chi connectivity index (χ0n) is 14.9. The van der Waals surface area contributed by atoms with Gasteiger partial charge in [0.1, 0.15) is 6.54 Å². The molecule has 138 valence electrons. The van der Waals surface area contributed by atoms with Crippen LogP contribution < -0.4 is 11.1 Å². The van der Waals surface area contributed by atoms with E-state index >= 15 is 0 Å². The van der Waals surface area contributed by atoms with E-state index < -0.39 is 11.7 Å². The molecule has 1 N–H and O–H groups in total. The molecule has 2 aromatic carbocycles. The van der Waals surface area contributed by atoms with Crippen molar-refractivity contribution in [2.75, 3.05) is 19.4 Å². The molecular formula is C19H18N4O4. The van der Waals surface area contributed by atoms with Crippen molar-refractivity contribution in [2.24, 2.45) is 0 Å². The van der Waals surface area contributed by atoms with Gasteiger partial charge in [-0.2, -0.15) is 0 Å². The van der Waals surface area contributed by atoms with Crippen LogP contribution in [0.15, 0.2) is 63.9 Å². The van der Waals surface area contributed by atoms with E-state index in [-0.39, 0.29) is 18.3 Å². The van der Waals surface area contributed by atoms with Crippen molar-refractivity contribution in [3.8, 4) is 11.4 Å². The van der Waals surface area contributed by atoms with E-state index in [1.807, 2.05) is 6.07 Å². The fraction of sp³-hybridized carbons (Fsp3) is 0.158. The van der Waals surface area contributed by atoms with Gasteiger partial charge >= 0.3 is 5.76 Å². The minimum atomic E-state index is -0.712. The molecule has 1 heterocycles. The monoisotopic (exact) mass is 366 g/mol. The van der Waals surface area contributed by atoms with E-state index in [9.17, 15) is 14.4 Å². The van der Waals surface area contributed by atoms with Gasteiger partial charge in [0.25, 0.3) is 5.91 Å². The predicted octanol–water partition coefficient (Wildman–Crippen LogP) is 1.84. The highest BCUT2D eigenvalue weighted by atomic mass is 16.5. The zero-order valence-corrected chi connectivity index (χ0v) is 14.9. The number of anilines is 1. The summed E-state index contributed by atoms with van der Waals surface area (Å²) in [6.07, 6.45) is 0. The van der Waals surface area contributed by atoms with Crippen molar-refractivity contribution in [1.82, 2.24) is 14.6 Å². The summed E-state index contributed by atoms with van der Waals surface area (Å²) >= 11 is 0. The first-order chi connectivity index (χ1) is 13.0. The van der Waals surface area contributed by atoms with Crippen LogP contribution in [0.4, 0.5) is 5.69 Å². The van der Waals surface area contributed by atoms with E-state index in [0.29, 0.717) is 16.8 Å². The van der Waals surface area contributed by atoms with Crippen LogP contribution in [0.5, 0.6) is 0 Å². The Hall–Kier alpha value is -3.68. The van der Waals surface area contributed by atoms with Crippen molar-refractivity contribution >= 4 is 17.5 Å². The normalized spacial score (nSPS) is 10.4. The number of rotatable bonds is 5. The molecule has 1 aromatic heterocycles. The van der Waals surface area contributed by atoms with Crippen LogP contribution in [0.2, 0.25) is 0 Å². The topological polar surface area (TPSA) is 97.4 Å². The molecular weight excluding hydrogens is 348 g/mol. The van der Waals surface area contributed by atoms with Gasteiger partial charge in [-0.05, 0) is 24.3 Å². The Balaban J connectivity index is 1.73. The molecule has 0 unspecified atom stereocenters. The van der Waals surface area contributed by atoms with Crippen LogP contribution in [-0.4, -0.2) is 40.5 Å². The molecule has 0 atom stereocenters. The highest BCUT2D eigenvalue weighted by Crippen LogP contribution is 2.15. The molecule has 8 nitrogen and oxygen atoms in total. The molecule has 2 amide bonds. The van der Waals surface area contributed by atoms with Crippen molar-refractivity contribution < 1.29 is 14.1 Å². The standard InChI is InChI=1S/C19H18N4O4/c1-22(2)18(25)14-8-10-15(11-9-14)20-16(24)12-23-17(21-27-19(23)26)13-6-4-3-5-7-13/h3-11H,12H2,1-2H3,(H,20,24). The maximum atomic E-state index is 12.3.